The molecule has 0 saturated heterocycles. The van der Waals surface area contributed by atoms with Gasteiger partial charge in [-0.15, -0.1) is 0 Å². The monoisotopic (exact) mass is 150 g/mol. The summed E-state index contributed by atoms with van der Waals surface area (Å²) in [4.78, 5) is 10.9. The number of nitrogen functional groups attached to an aromatic ring is 1. The van der Waals surface area contributed by atoms with Gasteiger partial charge in [0, 0.05) is 12.4 Å². The average molecular weight is 150 g/mol. The average Bonchev–Trinajstić information content (AvgIpc) is 2.34. The topological polar surface area (TPSA) is 92.2 Å². The van der Waals surface area contributed by atoms with Crippen LogP contribution >= 0.6 is 0 Å². The van der Waals surface area contributed by atoms with E-state index in [9.17, 15) is 5.11 Å². The zero-order chi connectivity index (χ0) is 7.84. The Hall–Kier alpha value is -1.85. The van der Waals surface area contributed by atoms with Crippen molar-refractivity contribution in [1.29, 1.82) is 0 Å². The van der Waals surface area contributed by atoms with Crippen molar-refractivity contribution in [3.63, 3.8) is 0 Å². The molecule has 0 bridgehead atoms. The normalized spacial score (nSPS) is 10.5. The van der Waals surface area contributed by atoms with E-state index in [-0.39, 0.29) is 11.7 Å². The molecule has 6 nitrogen and oxygen atoms in total. The summed E-state index contributed by atoms with van der Waals surface area (Å²) in [5.74, 6) is 0.233. The Labute approximate surface area is 61.3 Å². The zero-order valence-electron chi connectivity index (χ0n) is 5.43. The third kappa shape index (κ3) is 0.759. The molecule has 56 valence electrons. The molecule has 0 aliphatic heterocycles. The lowest BCUT2D eigenvalue weighted by atomic mass is 10.8. The van der Waals surface area contributed by atoms with Gasteiger partial charge >= 0.3 is 0 Å². The fourth-order valence-electron chi connectivity index (χ4n) is 0.807. The van der Waals surface area contributed by atoms with Crippen LogP contribution in [0.5, 0.6) is 6.01 Å². The fraction of sp³-hybridized carbons (Fsp3) is 0. The number of fused-ring (bicyclic) bond motifs is 1. The SMILES string of the molecule is Nc1nc([O-])n2ccnc2n1. The van der Waals surface area contributed by atoms with E-state index in [0.29, 0.717) is 0 Å². The lowest BCUT2D eigenvalue weighted by Crippen LogP contribution is -2.06. The third-order valence-corrected chi connectivity index (χ3v) is 1.25. The number of nitrogens with zero attached hydrogens (tertiary/aromatic N) is 4. The van der Waals surface area contributed by atoms with Crippen molar-refractivity contribution in [2.45, 2.75) is 0 Å². The fourth-order valence-corrected chi connectivity index (χ4v) is 0.807. The van der Waals surface area contributed by atoms with Gasteiger partial charge in [-0.2, -0.15) is 4.98 Å². The predicted molar refractivity (Wildman–Crippen MR) is 34.6 cm³/mol. The smallest absolute Gasteiger partial charge is 0.237 e. The number of anilines is 1. The Morgan fingerprint density at radius 2 is 2.27 bits per heavy atom. The van der Waals surface area contributed by atoms with Crippen LogP contribution < -0.4 is 10.8 Å². The highest BCUT2D eigenvalue weighted by atomic mass is 16.3. The van der Waals surface area contributed by atoms with E-state index in [0.717, 1.165) is 0 Å². The summed E-state index contributed by atoms with van der Waals surface area (Å²) in [7, 11) is 0. The molecule has 0 aromatic carbocycles. The molecule has 0 fully saturated rings. The van der Waals surface area contributed by atoms with E-state index in [1.807, 2.05) is 0 Å². The molecule has 0 atom stereocenters. The van der Waals surface area contributed by atoms with Gasteiger partial charge in [-0.05, 0) is 0 Å². The van der Waals surface area contributed by atoms with Crippen LogP contribution in [-0.4, -0.2) is 19.4 Å². The van der Waals surface area contributed by atoms with Crippen LogP contribution in [0.3, 0.4) is 0 Å². The number of aromatic nitrogens is 4. The van der Waals surface area contributed by atoms with E-state index in [1.54, 1.807) is 0 Å². The van der Waals surface area contributed by atoms with E-state index in [1.165, 1.54) is 16.8 Å². The molecule has 2 N–H and O–H groups in total. The quantitative estimate of drug-likeness (QED) is 0.508. The van der Waals surface area contributed by atoms with E-state index in [2.05, 4.69) is 15.0 Å². The van der Waals surface area contributed by atoms with Gasteiger partial charge in [0.1, 0.15) is 0 Å². The molecule has 2 rings (SSSR count). The largest absolute Gasteiger partial charge is 0.845 e. The molecular formula is C5H4N5O-. The Kier molecular flexibility index (Phi) is 0.974. The Bertz CT molecular complexity index is 395. The summed E-state index contributed by atoms with van der Waals surface area (Å²) in [5, 5.41) is 11.0. The molecule has 2 heterocycles. The zero-order valence-corrected chi connectivity index (χ0v) is 5.43. The number of hydrogen-bond donors (Lipinski definition) is 1. The van der Waals surface area contributed by atoms with Gasteiger partial charge in [-0.25, -0.2) is 9.97 Å². The summed E-state index contributed by atoms with van der Waals surface area (Å²) < 4.78 is 1.22. The van der Waals surface area contributed by atoms with Gasteiger partial charge in [0.25, 0.3) is 0 Å². The summed E-state index contributed by atoms with van der Waals surface area (Å²) >= 11 is 0. The molecule has 0 saturated carbocycles. The minimum atomic E-state index is -0.454. The number of hydrogen-bond acceptors (Lipinski definition) is 5. The summed E-state index contributed by atoms with van der Waals surface area (Å²) in [6.45, 7) is 0. The van der Waals surface area contributed by atoms with Crippen LogP contribution in [0.2, 0.25) is 0 Å². The second-order valence-electron chi connectivity index (χ2n) is 1.96. The number of rotatable bonds is 0. The maximum absolute atomic E-state index is 11.0. The second kappa shape index (κ2) is 1.82. The Balaban J connectivity index is 2.91. The van der Waals surface area contributed by atoms with Crippen molar-refractivity contribution in [2.24, 2.45) is 0 Å². The first-order valence-corrected chi connectivity index (χ1v) is 2.91. The lowest BCUT2D eigenvalue weighted by Gasteiger charge is -2.06. The van der Waals surface area contributed by atoms with Crippen molar-refractivity contribution < 1.29 is 5.11 Å². The highest BCUT2D eigenvalue weighted by molar-refractivity contribution is 5.35. The first-order valence-electron chi connectivity index (χ1n) is 2.91. The molecule has 11 heavy (non-hydrogen) atoms. The lowest BCUT2D eigenvalue weighted by molar-refractivity contribution is -0.283. The molecule has 0 aliphatic carbocycles. The van der Waals surface area contributed by atoms with Gasteiger partial charge in [0.05, 0.1) is 6.01 Å². The third-order valence-electron chi connectivity index (χ3n) is 1.25. The minimum Gasteiger partial charge on any atom is -0.845 e. The minimum absolute atomic E-state index is 0.0475. The Morgan fingerprint density at radius 1 is 1.45 bits per heavy atom. The molecule has 2 aromatic rings. The summed E-state index contributed by atoms with van der Waals surface area (Å²) in [5.41, 5.74) is 5.21. The van der Waals surface area contributed by atoms with Crippen LogP contribution in [0.25, 0.3) is 5.78 Å². The summed E-state index contributed by atoms with van der Waals surface area (Å²) in [6, 6.07) is -0.454. The first kappa shape index (κ1) is 5.90. The van der Waals surface area contributed by atoms with Crippen molar-refractivity contribution in [2.75, 3.05) is 5.73 Å². The molecule has 0 radical (unpaired) electrons. The molecule has 0 unspecified atom stereocenters. The van der Waals surface area contributed by atoms with Crippen LogP contribution in [-0.2, 0) is 0 Å². The van der Waals surface area contributed by atoms with Crippen molar-refractivity contribution >= 4 is 11.7 Å². The van der Waals surface area contributed by atoms with Gasteiger partial charge in [-0.3, -0.25) is 4.40 Å². The van der Waals surface area contributed by atoms with E-state index >= 15 is 0 Å². The molecule has 0 aliphatic rings. The summed E-state index contributed by atoms with van der Waals surface area (Å²) in [6.07, 6.45) is 2.95. The van der Waals surface area contributed by atoms with Gasteiger partial charge in [0.2, 0.25) is 11.7 Å². The van der Waals surface area contributed by atoms with Crippen LogP contribution in [0.4, 0.5) is 5.95 Å². The van der Waals surface area contributed by atoms with Crippen molar-refractivity contribution in [3.05, 3.63) is 12.4 Å². The molecule has 2 aromatic heterocycles. The van der Waals surface area contributed by atoms with Crippen LogP contribution in [0.1, 0.15) is 0 Å². The standard InChI is InChI=1S/C5H5N5O/c6-3-8-4-7-1-2-10(4)5(11)9-3/h1-2H,(H3,6,7,8,9,11)/p-1. The van der Waals surface area contributed by atoms with E-state index < -0.39 is 6.01 Å². The molecule has 0 spiro atoms. The molecule has 0 amide bonds. The maximum Gasteiger partial charge on any atom is 0.237 e. The first-order chi connectivity index (χ1) is 5.27. The van der Waals surface area contributed by atoms with Crippen molar-refractivity contribution in [1.82, 2.24) is 19.4 Å². The Morgan fingerprint density at radius 3 is 3.09 bits per heavy atom. The molecular weight excluding hydrogens is 146 g/mol. The van der Waals surface area contributed by atoms with Crippen LogP contribution in [0, 0.1) is 0 Å². The predicted octanol–water partition coefficient (Wildman–Crippen LogP) is -1.22. The maximum atomic E-state index is 11.0. The van der Waals surface area contributed by atoms with Gasteiger partial charge in [-0.1, -0.05) is 0 Å². The van der Waals surface area contributed by atoms with Crippen molar-refractivity contribution in [3.8, 4) is 6.01 Å². The molecule has 6 heteroatoms. The van der Waals surface area contributed by atoms with E-state index in [4.69, 9.17) is 5.73 Å². The number of nitrogens with two attached hydrogens (primary N) is 1. The van der Waals surface area contributed by atoms with Gasteiger partial charge < -0.3 is 10.8 Å². The van der Waals surface area contributed by atoms with Crippen LogP contribution in [0.15, 0.2) is 12.4 Å². The number of imidazole rings is 1. The second-order valence-corrected chi connectivity index (χ2v) is 1.96. The highest BCUT2D eigenvalue weighted by Crippen LogP contribution is 2.04. The highest BCUT2D eigenvalue weighted by Gasteiger charge is 1.96. The van der Waals surface area contributed by atoms with Gasteiger partial charge in [0.15, 0.2) is 0 Å².